The van der Waals surface area contributed by atoms with Crippen LogP contribution in [0.3, 0.4) is 0 Å². The van der Waals surface area contributed by atoms with Crippen molar-refractivity contribution in [2.24, 2.45) is 0 Å². The molecule has 3 aromatic rings. The van der Waals surface area contributed by atoms with E-state index in [1.165, 1.54) is 6.42 Å². The lowest BCUT2D eigenvalue weighted by Gasteiger charge is -2.37. The number of rotatable bonds is 3. The summed E-state index contributed by atoms with van der Waals surface area (Å²) in [5, 5.41) is 0.918. The summed E-state index contributed by atoms with van der Waals surface area (Å²) < 4.78 is 27.2. The molecule has 5 heteroatoms. The molecule has 28 heavy (non-hydrogen) atoms. The molecule has 0 spiro atoms. The van der Waals surface area contributed by atoms with Gasteiger partial charge < -0.3 is 4.90 Å². The van der Waals surface area contributed by atoms with Gasteiger partial charge in [-0.2, -0.15) is 0 Å². The van der Waals surface area contributed by atoms with Crippen LogP contribution in [-0.2, 0) is 9.84 Å². The first-order valence-corrected chi connectivity index (χ1v) is 11.3. The highest BCUT2D eigenvalue weighted by Gasteiger charge is 2.30. The molecular weight excluding hydrogens is 368 g/mol. The zero-order chi connectivity index (χ0) is 19.9. The van der Waals surface area contributed by atoms with Crippen molar-refractivity contribution in [3.8, 4) is 0 Å². The van der Waals surface area contributed by atoms with Crippen molar-refractivity contribution in [3.63, 3.8) is 0 Å². The zero-order valence-electron chi connectivity index (χ0n) is 16.6. The monoisotopic (exact) mass is 394 g/mol. The van der Waals surface area contributed by atoms with Crippen molar-refractivity contribution in [1.29, 1.82) is 0 Å². The Bertz CT molecular complexity index is 1120. The van der Waals surface area contributed by atoms with E-state index in [-0.39, 0.29) is 0 Å². The maximum atomic E-state index is 13.6. The summed E-state index contributed by atoms with van der Waals surface area (Å²) in [5.41, 5.74) is 3.78. The first kappa shape index (κ1) is 18.9. The van der Waals surface area contributed by atoms with Crippen molar-refractivity contribution >= 4 is 26.4 Å². The summed E-state index contributed by atoms with van der Waals surface area (Å²) in [6, 6.07) is 13.4. The number of pyridine rings is 1. The zero-order valence-corrected chi connectivity index (χ0v) is 17.5. The van der Waals surface area contributed by atoms with Gasteiger partial charge in [0, 0.05) is 24.2 Å². The van der Waals surface area contributed by atoms with Gasteiger partial charge >= 0.3 is 0 Å². The van der Waals surface area contributed by atoms with Gasteiger partial charge in [0.25, 0.3) is 0 Å². The normalized spacial score (nSPS) is 17.8. The average Bonchev–Trinajstić information content (AvgIpc) is 2.68. The fourth-order valence-corrected chi connectivity index (χ4v) is 5.46. The van der Waals surface area contributed by atoms with Crippen LogP contribution in [0.25, 0.3) is 10.9 Å². The molecule has 1 fully saturated rings. The molecule has 4 nitrogen and oxygen atoms in total. The summed E-state index contributed by atoms with van der Waals surface area (Å²) in [6.07, 6.45) is 4.87. The van der Waals surface area contributed by atoms with Crippen molar-refractivity contribution in [2.45, 2.75) is 55.9 Å². The highest BCUT2D eigenvalue weighted by molar-refractivity contribution is 7.91. The number of aryl methyl sites for hydroxylation is 2. The lowest BCUT2D eigenvalue weighted by Crippen LogP contribution is -2.38. The minimum absolute atomic E-state index is 0.298. The van der Waals surface area contributed by atoms with E-state index in [0.717, 1.165) is 47.1 Å². The highest BCUT2D eigenvalue weighted by atomic mass is 32.2. The standard InChI is InChI=1S/C23H26N2O2S/c1-16-7-10-19(11-8-16)28(26,27)22-15-24-21-12-9-17(2)14-20(21)23(22)25-13-5-4-6-18(25)3/h7-12,14-15,18H,4-6,13H2,1-3H3/t18-/m1/s1. The van der Waals surface area contributed by atoms with Crippen LogP contribution in [0, 0.1) is 13.8 Å². The van der Waals surface area contributed by atoms with Crippen molar-refractivity contribution in [3.05, 3.63) is 59.8 Å². The molecule has 0 saturated carbocycles. The molecule has 2 heterocycles. The number of piperidine rings is 1. The van der Waals surface area contributed by atoms with Gasteiger partial charge in [-0.05, 0) is 64.3 Å². The van der Waals surface area contributed by atoms with E-state index >= 15 is 0 Å². The van der Waals surface area contributed by atoms with Crippen LogP contribution in [-0.4, -0.2) is 26.0 Å². The summed E-state index contributed by atoms with van der Waals surface area (Å²) in [5.74, 6) is 0. The molecule has 146 valence electrons. The number of aromatic nitrogens is 1. The predicted octanol–water partition coefficient (Wildman–Crippen LogP) is 5.06. The Hall–Kier alpha value is -2.40. The Labute approximate surface area is 167 Å². The Morgan fingerprint density at radius 1 is 1.00 bits per heavy atom. The van der Waals surface area contributed by atoms with Crippen LogP contribution >= 0.6 is 0 Å². The number of hydrogen-bond donors (Lipinski definition) is 0. The van der Waals surface area contributed by atoms with Gasteiger partial charge in [-0.15, -0.1) is 0 Å². The topological polar surface area (TPSA) is 50.3 Å². The van der Waals surface area contributed by atoms with Crippen molar-refractivity contribution in [2.75, 3.05) is 11.4 Å². The van der Waals surface area contributed by atoms with Gasteiger partial charge in [0.05, 0.1) is 16.1 Å². The lowest BCUT2D eigenvalue weighted by atomic mass is 10.0. The van der Waals surface area contributed by atoms with Crippen LogP contribution in [0.5, 0.6) is 0 Å². The number of fused-ring (bicyclic) bond motifs is 1. The van der Waals surface area contributed by atoms with Crippen LogP contribution in [0.15, 0.2) is 58.5 Å². The molecule has 1 saturated heterocycles. The molecule has 2 aromatic carbocycles. The van der Waals surface area contributed by atoms with Crippen LogP contribution in [0.4, 0.5) is 5.69 Å². The molecule has 0 N–H and O–H groups in total. The van der Waals surface area contributed by atoms with Gasteiger partial charge in [0.1, 0.15) is 4.90 Å². The van der Waals surface area contributed by atoms with Crippen LogP contribution in [0.2, 0.25) is 0 Å². The smallest absolute Gasteiger partial charge is 0.210 e. The lowest BCUT2D eigenvalue weighted by molar-refractivity contribution is 0.483. The summed E-state index contributed by atoms with van der Waals surface area (Å²) in [4.78, 5) is 7.40. The minimum atomic E-state index is -3.67. The second kappa shape index (κ2) is 7.21. The summed E-state index contributed by atoms with van der Waals surface area (Å²) >= 11 is 0. The second-order valence-corrected chi connectivity index (χ2v) is 9.76. The van der Waals surface area contributed by atoms with Crippen molar-refractivity contribution in [1.82, 2.24) is 4.98 Å². The molecule has 4 rings (SSSR count). The third kappa shape index (κ3) is 3.28. The Kier molecular flexibility index (Phi) is 4.88. The van der Waals surface area contributed by atoms with Gasteiger partial charge in [0.15, 0.2) is 0 Å². The SMILES string of the molecule is Cc1ccc(S(=O)(=O)c2cnc3ccc(C)cc3c2N2CCCC[C@H]2C)cc1. The maximum absolute atomic E-state index is 13.6. The van der Waals surface area contributed by atoms with E-state index in [4.69, 9.17) is 0 Å². The molecule has 0 aliphatic carbocycles. The van der Waals surface area contributed by atoms with Crippen LogP contribution in [0.1, 0.15) is 37.3 Å². The van der Waals surface area contributed by atoms with Gasteiger partial charge in [-0.3, -0.25) is 4.98 Å². The van der Waals surface area contributed by atoms with E-state index in [2.05, 4.69) is 22.9 Å². The number of anilines is 1. The third-order valence-electron chi connectivity index (χ3n) is 5.67. The first-order valence-electron chi connectivity index (χ1n) is 9.86. The number of nitrogens with zero attached hydrogens (tertiary/aromatic N) is 2. The molecular formula is C23H26N2O2S. The van der Waals surface area contributed by atoms with Crippen molar-refractivity contribution < 1.29 is 8.42 Å². The van der Waals surface area contributed by atoms with Gasteiger partial charge in [-0.1, -0.05) is 29.3 Å². The van der Waals surface area contributed by atoms with Gasteiger partial charge in [0.2, 0.25) is 9.84 Å². The summed E-state index contributed by atoms with van der Waals surface area (Å²) in [7, 11) is -3.67. The van der Waals surface area contributed by atoms with E-state index in [1.54, 1.807) is 18.3 Å². The predicted molar refractivity (Wildman–Crippen MR) is 114 cm³/mol. The van der Waals surface area contributed by atoms with E-state index in [9.17, 15) is 8.42 Å². The molecule has 1 aliphatic rings. The fourth-order valence-electron chi connectivity index (χ4n) is 4.04. The number of benzene rings is 2. The maximum Gasteiger partial charge on any atom is 0.210 e. The molecule has 0 radical (unpaired) electrons. The number of sulfone groups is 1. The third-order valence-corrected chi connectivity index (χ3v) is 7.44. The quantitative estimate of drug-likeness (QED) is 0.623. The Morgan fingerprint density at radius 2 is 1.71 bits per heavy atom. The molecule has 1 aliphatic heterocycles. The Balaban J connectivity index is 2.00. The Morgan fingerprint density at radius 3 is 2.43 bits per heavy atom. The highest BCUT2D eigenvalue weighted by Crippen LogP contribution is 2.39. The van der Waals surface area contributed by atoms with Gasteiger partial charge in [-0.25, -0.2) is 8.42 Å². The molecule has 1 atom stereocenters. The number of hydrogen-bond acceptors (Lipinski definition) is 4. The van der Waals surface area contributed by atoms with E-state index in [1.807, 2.05) is 38.1 Å². The molecule has 0 amide bonds. The molecule has 0 bridgehead atoms. The molecule has 1 aromatic heterocycles. The van der Waals surface area contributed by atoms with E-state index < -0.39 is 9.84 Å². The molecule has 0 unspecified atom stereocenters. The average molecular weight is 395 g/mol. The minimum Gasteiger partial charge on any atom is -0.367 e. The van der Waals surface area contributed by atoms with E-state index in [0.29, 0.717) is 15.8 Å². The fraction of sp³-hybridized carbons (Fsp3) is 0.348. The first-order chi connectivity index (χ1) is 13.4. The second-order valence-electron chi connectivity index (χ2n) is 7.85. The largest absolute Gasteiger partial charge is 0.367 e. The van der Waals surface area contributed by atoms with Crippen LogP contribution < -0.4 is 4.90 Å². The summed E-state index contributed by atoms with van der Waals surface area (Å²) in [6.45, 7) is 7.04.